The fourth-order valence-electron chi connectivity index (χ4n) is 1.22. The van der Waals surface area contributed by atoms with E-state index < -0.39 is 6.22 Å². The Balaban J connectivity index is 2.51. The quantitative estimate of drug-likeness (QED) is 0.683. The molecule has 2 rings (SSSR count). The molecule has 4 heteroatoms. The molecule has 1 aromatic heterocycles. The predicted molar refractivity (Wildman–Crippen MR) is 45.4 cm³/mol. The summed E-state index contributed by atoms with van der Waals surface area (Å²) in [6.07, 6.45) is -0.355. The zero-order valence-corrected chi connectivity index (χ0v) is 6.58. The van der Waals surface area contributed by atoms with Gasteiger partial charge in [0.05, 0.1) is 0 Å². The van der Waals surface area contributed by atoms with Gasteiger partial charge in [-0.25, -0.2) is 4.79 Å². The third-order valence-electron chi connectivity index (χ3n) is 1.74. The third kappa shape index (κ3) is 1.38. The fourth-order valence-corrected chi connectivity index (χ4v) is 1.22. The molecule has 0 aliphatic carbocycles. The Bertz CT molecular complexity index is 450. The Morgan fingerprint density at radius 2 is 2.15 bits per heavy atom. The number of carbonyl (C=O) groups is 1. The highest BCUT2D eigenvalue weighted by atomic mass is 19.1. The maximum absolute atomic E-state index is 11.9. The van der Waals surface area contributed by atoms with Gasteiger partial charge in [-0.1, -0.05) is 12.1 Å². The van der Waals surface area contributed by atoms with Crippen molar-refractivity contribution in [3.05, 3.63) is 30.5 Å². The molecule has 0 aliphatic heterocycles. The average molecular weight is 179 g/mol. The summed E-state index contributed by atoms with van der Waals surface area (Å²) in [4.78, 5) is 12.9. The van der Waals surface area contributed by atoms with Crippen LogP contribution < -0.4 is 4.74 Å². The number of H-pyrrole nitrogens is 1. The van der Waals surface area contributed by atoms with Crippen molar-refractivity contribution in [1.29, 1.82) is 0 Å². The highest BCUT2D eigenvalue weighted by Gasteiger charge is 2.07. The number of aromatic nitrogens is 1. The first-order valence-electron chi connectivity index (χ1n) is 3.71. The maximum atomic E-state index is 11.9. The van der Waals surface area contributed by atoms with Crippen molar-refractivity contribution >= 4 is 17.1 Å². The van der Waals surface area contributed by atoms with E-state index in [2.05, 4.69) is 9.72 Å². The normalized spacial score (nSPS) is 10.2. The van der Waals surface area contributed by atoms with Crippen LogP contribution in [0.5, 0.6) is 5.75 Å². The van der Waals surface area contributed by atoms with Crippen molar-refractivity contribution in [2.24, 2.45) is 0 Å². The minimum Gasteiger partial charge on any atom is -0.399 e. The number of aromatic amines is 1. The molecule has 0 spiro atoms. The van der Waals surface area contributed by atoms with Gasteiger partial charge in [0.15, 0.2) is 5.75 Å². The molecular formula is C9H6FNO2. The fraction of sp³-hybridized carbons (Fsp3) is 0. The van der Waals surface area contributed by atoms with Crippen molar-refractivity contribution in [1.82, 2.24) is 4.98 Å². The lowest BCUT2D eigenvalue weighted by molar-refractivity contribution is 0.176. The summed E-state index contributed by atoms with van der Waals surface area (Å²) in [5.74, 6) is 0.211. The van der Waals surface area contributed by atoms with Crippen LogP contribution in [-0.4, -0.2) is 11.2 Å². The van der Waals surface area contributed by atoms with Gasteiger partial charge in [-0.3, -0.25) is 0 Å². The van der Waals surface area contributed by atoms with Crippen LogP contribution in [0.3, 0.4) is 0 Å². The van der Waals surface area contributed by atoms with Gasteiger partial charge in [-0.2, -0.15) is 0 Å². The monoisotopic (exact) mass is 179 g/mol. The summed E-state index contributed by atoms with van der Waals surface area (Å²) >= 11 is 0. The molecule has 2 aromatic rings. The highest BCUT2D eigenvalue weighted by molar-refractivity contribution is 5.87. The molecule has 3 nitrogen and oxygen atoms in total. The van der Waals surface area contributed by atoms with Crippen LogP contribution in [0.4, 0.5) is 9.18 Å². The van der Waals surface area contributed by atoms with Crippen molar-refractivity contribution in [2.75, 3.05) is 0 Å². The van der Waals surface area contributed by atoms with Gasteiger partial charge in [0.2, 0.25) is 0 Å². The van der Waals surface area contributed by atoms with Crippen LogP contribution in [0.2, 0.25) is 0 Å². The molecule has 1 N–H and O–H groups in total. The first-order valence-corrected chi connectivity index (χ1v) is 3.71. The largest absolute Gasteiger partial charge is 0.501 e. The minimum absolute atomic E-state index is 0.211. The molecule has 0 radical (unpaired) electrons. The third-order valence-corrected chi connectivity index (χ3v) is 1.74. The summed E-state index contributed by atoms with van der Waals surface area (Å²) in [6, 6.07) is 7.17. The van der Waals surface area contributed by atoms with E-state index in [1.165, 1.54) is 6.20 Å². The molecule has 0 saturated heterocycles. The lowest BCUT2D eigenvalue weighted by Gasteiger charge is -1.94. The number of hydrogen-bond donors (Lipinski definition) is 1. The number of hydrogen-bond acceptors (Lipinski definition) is 2. The number of fused-ring (bicyclic) bond motifs is 1. The lowest BCUT2D eigenvalue weighted by Crippen LogP contribution is -1.95. The van der Waals surface area contributed by atoms with Crippen LogP contribution in [0, 0.1) is 0 Å². The average Bonchev–Trinajstić information content (AvgIpc) is 2.48. The zero-order chi connectivity index (χ0) is 9.26. The number of carbonyl (C=O) groups excluding carboxylic acids is 1. The van der Waals surface area contributed by atoms with E-state index in [9.17, 15) is 9.18 Å². The predicted octanol–water partition coefficient (Wildman–Crippen LogP) is 2.64. The van der Waals surface area contributed by atoms with Crippen molar-refractivity contribution in [2.45, 2.75) is 0 Å². The Morgan fingerprint density at radius 3 is 2.92 bits per heavy atom. The number of nitrogens with one attached hydrogen (secondary N) is 1. The van der Waals surface area contributed by atoms with Gasteiger partial charge in [0.25, 0.3) is 0 Å². The molecule has 0 aliphatic rings. The molecule has 13 heavy (non-hydrogen) atoms. The second-order valence-electron chi connectivity index (χ2n) is 2.54. The molecule has 0 fully saturated rings. The van der Waals surface area contributed by atoms with Crippen LogP contribution in [0.1, 0.15) is 0 Å². The Hall–Kier alpha value is -1.84. The smallest absolute Gasteiger partial charge is 0.399 e. The van der Waals surface area contributed by atoms with E-state index >= 15 is 0 Å². The number of halogens is 1. The van der Waals surface area contributed by atoms with Gasteiger partial charge in [0, 0.05) is 17.1 Å². The van der Waals surface area contributed by atoms with Gasteiger partial charge in [-0.15, -0.1) is 4.39 Å². The Morgan fingerprint density at radius 1 is 1.38 bits per heavy atom. The van der Waals surface area contributed by atoms with Crippen molar-refractivity contribution in [3.63, 3.8) is 0 Å². The summed E-state index contributed by atoms with van der Waals surface area (Å²) < 4.78 is 16.2. The minimum atomic E-state index is -1.80. The summed E-state index contributed by atoms with van der Waals surface area (Å²) in [5.41, 5.74) is 0.804. The van der Waals surface area contributed by atoms with Crippen molar-refractivity contribution < 1.29 is 13.9 Å². The summed E-state index contributed by atoms with van der Waals surface area (Å²) in [7, 11) is 0. The first-order chi connectivity index (χ1) is 6.27. The molecule has 0 saturated carbocycles. The van der Waals surface area contributed by atoms with Gasteiger partial charge >= 0.3 is 6.22 Å². The van der Waals surface area contributed by atoms with Crippen LogP contribution >= 0.6 is 0 Å². The molecule has 0 amide bonds. The lowest BCUT2D eigenvalue weighted by atomic mass is 10.2. The van der Waals surface area contributed by atoms with E-state index in [0.717, 1.165) is 5.52 Å². The van der Waals surface area contributed by atoms with E-state index in [1.807, 2.05) is 12.1 Å². The molecule has 1 aromatic carbocycles. The maximum Gasteiger partial charge on any atom is 0.501 e. The van der Waals surface area contributed by atoms with E-state index in [-0.39, 0.29) is 5.75 Å². The zero-order valence-electron chi connectivity index (χ0n) is 6.58. The SMILES string of the molecule is O=C(F)Oc1c[nH]c2ccccc12. The Kier molecular flexibility index (Phi) is 1.73. The van der Waals surface area contributed by atoms with E-state index in [0.29, 0.717) is 5.39 Å². The molecule has 1 heterocycles. The summed E-state index contributed by atoms with van der Waals surface area (Å²) in [6.45, 7) is 0. The van der Waals surface area contributed by atoms with Crippen LogP contribution in [0.25, 0.3) is 10.9 Å². The second kappa shape index (κ2) is 2.90. The van der Waals surface area contributed by atoms with Crippen LogP contribution in [-0.2, 0) is 0 Å². The number of para-hydroxylation sites is 1. The van der Waals surface area contributed by atoms with Gasteiger partial charge < -0.3 is 9.72 Å². The van der Waals surface area contributed by atoms with Crippen molar-refractivity contribution in [3.8, 4) is 5.75 Å². The Labute approximate surface area is 73.1 Å². The van der Waals surface area contributed by atoms with Crippen LogP contribution in [0.15, 0.2) is 30.5 Å². The van der Waals surface area contributed by atoms with Gasteiger partial charge in [0.1, 0.15) is 0 Å². The van der Waals surface area contributed by atoms with Gasteiger partial charge in [-0.05, 0) is 12.1 Å². The molecule has 0 atom stereocenters. The molecule has 0 bridgehead atoms. The molecule has 0 unspecified atom stereocenters. The summed E-state index contributed by atoms with van der Waals surface area (Å²) in [5, 5.41) is 0.688. The topological polar surface area (TPSA) is 42.1 Å². The highest BCUT2D eigenvalue weighted by Crippen LogP contribution is 2.24. The number of ether oxygens (including phenoxy) is 1. The van der Waals surface area contributed by atoms with E-state index in [1.54, 1.807) is 12.1 Å². The molecule has 66 valence electrons. The second-order valence-corrected chi connectivity index (χ2v) is 2.54. The first kappa shape index (κ1) is 7.79. The standard InChI is InChI=1S/C9H6FNO2/c10-9(12)13-8-5-11-7-4-2-1-3-6(7)8/h1-5,11H. The van der Waals surface area contributed by atoms with E-state index in [4.69, 9.17) is 0 Å². The number of benzene rings is 1. The number of rotatable bonds is 1. The molecular weight excluding hydrogens is 173 g/mol.